The van der Waals surface area contributed by atoms with Crippen LogP contribution >= 0.6 is 11.8 Å². The summed E-state index contributed by atoms with van der Waals surface area (Å²) in [5.74, 6) is -0.666. The normalized spacial score (nSPS) is 13.1. The van der Waals surface area contributed by atoms with Crippen molar-refractivity contribution < 1.29 is 26.4 Å². The van der Waals surface area contributed by atoms with Crippen LogP contribution in [0.25, 0.3) is 0 Å². The molecule has 0 fully saturated rings. The average Bonchev–Trinajstić information content (AvgIpc) is 2.60. The van der Waals surface area contributed by atoms with Crippen molar-refractivity contribution in [1.29, 1.82) is 0 Å². The summed E-state index contributed by atoms with van der Waals surface area (Å²) in [5, 5.41) is 2.60. The number of anilines is 2. The maximum absolute atomic E-state index is 13.0. The Morgan fingerprint density at radius 3 is 2.36 bits per heavy atom. The van der Waals surface area contributed by atoms with Crippen LogP contribution in [0.4, 0.5) is 24.5 Å². The van der Waals surface area contributed by atoms with Gasteiger partial charge in [-0.05, 0) is 49.6 Å². The summed E-state index contributed by atoms with van der Waals surface area (Å²) in [6.07, 6.45) is -1.93. The average molecular weight is 432 g/mol. The highest BCUT2D eigenvalue weighted by atomic mass is 32.2. The molecule has 0 radical (unpaired) electrons. The Morgan fingerprint density at radius 2 is 1.79 bits per heavy atom. The van der Waals surface area contributed by atoms with E-state index in [4.69, 9.17) is 0 Å². The molecule has 0 saturated carbocycles. The number of carbonyl (C=O) groups is 1. The molecule has 0 aliphatic rings. The number of nitrogens with one attached hydrogen (secondary N) is 1. The molecule has 0 spiro atoms. The second kappa shape index (κ2) is 8.44. The molecule has 0 aliphatic heterocycles. The third kappa shape index (κ3) is 5.41. The van der Waals surface area contributed by atoms with Crippen LogP contribution in [0.5, 0.6) is 0 Å². The summed E-state index contributed by atoms with van der Waals surface area (Å²) in [5.41, 5.74) is -0.780. The zero-order valence-electron chi connectivity index (χ0n) is 15.3. The number of halogens is 3. The van der Waals surface area contributed by atoms with E-state index in [9.17, 15) is 26.4 Å². The Bertz CT molecular complexity index is 963. The Kier molecular flexibility index (Phi) is 6.66. The van der Waals surface area contributed by atoms with Gasteiger partial charge in [-0.15, -0.1) is 11.8 Å². The smallest absolute Gasteiger partial charge is 0.324 e. The first-order chi connectivity index (χ1) is 12.9. The number of rotatable bonds is 6. The lowest BCUT2D eigenvalue weighted by Crippen LogP contribution is -2.45. The minimum absolute atomic E-state index is 0.238. The van der Waals surface area contributed by atoms with Crippen molar-refractivity contribution in [2.75, 3.05) is 22.1 Å². The highest BCUT2D eigenvalue weighted by molar-refractivity contribution is 7.98. The monoisotopic (exact) mass is 432 g/mol. The molecule has 0 heterocycles. The van der Waals surface area contributed by atoms with Crippen LogP contribution in [0.3, 0.4) is 0 Å². The van der Waals surface area contributed by atoms with Crippen LogP contribution < -0.4 is 9.62 Å². The molecule has 1 atom stereocenters. The predicted molar refractivity (Wildman–Crippen MR) is 105 cm³/mol. The van der Waals surface area contributed by atoms with Crippen LogP contribution in [0.15, 0.2) is 53.4 Å². The fourth-order valence-electron chi connectivity index (χ4n) is 2.58. The number of alkyl halides is 3. The van der Waals surface area contributed by atoms with Crippen LogP contribution in [0, 0.1) is 0 Å². The minimum Gasteiger partial charge on any atom is -0.324 e. The minimum atomic E-state index is -4.64. The predicted octanol–water partition coefficient (Wildman–Crippen LogP) is 4.22. The van der Waals surface area contributed by atoms with Gasteiger partial charge in [-0.3, -0.25) is 9.10 Å². The molecular formula is C18H19F3N2O3S2. The fraction of sp³-hybridized carbons (Fsp3) is 0.278. The molecule has 0 unspecified atom stereocenters. The van der Waals surface area contributed by atoms with Gasteiger partial charge in [0, 0.05) is 10.6 Å². The van der Waals surface area contributed by atoms with Crippen molar-refractivity contribution in [2.24, 2.45) is 0 Å². The lowest BCUT2D eigenvalue weighted by atomic mass is 10.1. The lowest BCUT2D eigenvalue weighted by Gasteiger charge is -2.28. The number of sulfonamides is 1. The van der Waals surface area contributed by atoms with E-state index in [0.29, 0.717) is 16.1 Å². The van der Waals surface area contributed by atoms with Gasteiger partial charge in [0.15, 0.2) is 0 Å². The number of thioether (sulfide) groups is 1. The van der Waals surface area contributed by atoms with Crippen LogP contribution in [-0.2, 0) is 21.0 Å². The quantitative estimate of drug-likeness (QED) is 0.694. The van der Waals surface area contributed by atoms with Crippen molar-refractivity contribution in [1.82, 2.24) is 0 Å². The van der Waals surface area contributed by atoms with Gasteiger partial charge in [-0.1, -0.05) is 12.1 Å². The van der Waals surface area contributed by atoms with E-state index >= 15 is 0 Å². The summed E-state index contributed by atoms with van der Waals surface area (Å²) in [6, 6.07) is 9.52. The van der Waals surface area contributed by atoms with Gasteiger partial charge < -0.3 is 5.32 Å². The molecule has 0 bridgehead atoms. The number of nitrogens with zero attached hydrogens (tertiary/aromatic N) is 1. The third-order valence-electron chi connectivity index (χ3n) is 3.85. The lowest BCUT2D eigenvalue weighted by molar-refractivity contribution is -0.137. The van der Waals surface area contributed by atoms with E-state index in [1.165, 1.54) is 24.8 Å². The Labute approximate surface area is 166 Å². The van der Waals surface area contributed by atoms with Crippen molar-refractivity contribution in [3.05, 3.63) is 54.1 Å². The molecule has 1 amide bonds. The maximum Gasteiger partial charge on any atom is 0.416 e. The summed E-state index contributed by atoms with van der Waals surface area (Å²) in [4.78, 5) is 13.5. The fourth-order valence-corrected chi connectivity index (χ4v) is 4.20. The molecule has 0 saturated heterocycles. The number of amides is 1. The van der Waals surface area contributed by atoms with E-state index in [1.807, 2.05) is 12.3 Å². The van der Waals surface area contributed by atoms with Gasteiger partial charge in [-0.2, -0.15) is 13.2 Å². The summed E-state index contributed by atoms with van der Waals surface area (Å²) in [7, 11) is -4.03. The van der Waals surface area contributed by atoms with E-state index in [2.05, 4.69) is 5.32 Å². The van der Waals surface area contributed by atoms with Crippen molar-refractivity contribution in [3.8, 4) is 0 Å². The molecular weight excluding hydrogens is 413 g/mol. The van der Waals surface area contributed by atoms with E-state index < -0.39 is 33.7 Å². The van der Waals surface area contributed by atoms with E-state index in [1.54, 1.807) is 18.2 Å². The second-order valence-corrected chi connectivity index (χ2v) is 8.74. The molecule has 2 aromatic rings. The Hall–Kier alpha value is -2.20. The molecule has 2 rings (SSSR count). The third-order valence-corrected chi connectivity index (χ3v) is 5.82. The van der Waals surface area contributed by atoms with Crippen molar-refractivity contribution >= 4 is 39.1 Å². The van der Waals surface area contributed by atoms with Gasteiger partial charge >= 0.3 is 6.18 Å². The summed E-state index contributed by atoms with van der Waals surface area (Å²) >= 11 is 1.47. The molecule has 1 N–H and O–H groups in total. The van der Waals surface area contributed by atoms with Gasteiger partial charge in [0.2, 0.25) is 15.9 Å². The zero-order chi connectivity index (χ0) is 21.1. The molecule has 2 aromatic carbocycles. The number of carbonyl (C=O) groups excluding carboxylic acids is 1. The van der Waals surface area contributed by atoms with Gasteiger partial charge in [-0.25, -0.2) is 8.42 Å². The summed E-state index contributed by atoms with van der Waals surface area (Å²) < 4.78 is 64.2. The van der Waals surface area contributed by atoms with Gasteiger partial charge in [0.1, 0.15) is 6.04 Å². The molecule has 0 aliphatic carbocycles. The zero-order valence-corrected chi connectivity index (χ0v) is 17.0. The molecule has 152 valence electrons. The highest BCUT2D eigenvalue weighted by Gasteiger charge is 2.34. The van der Waals surface area contributed by atoms with E-state index in [-0.39, 0.29) is 5.69 Å². The Balaban J connectivity index is 2.36. The van der Waals surface area contributed by atoms with Crippen LogP contribution in [0.2, 0.25) is 0 Å². The largest absolute Gasteiger partial charge is 0.416 e. The van der Waals surface area contributed by atoms with Crippen LogP contribution in [0.1, 0.15) is 12.5 Å². The van der Waals surface area contributed by atoms with Gasteiger partial charge in [0.25, 0.3) is 0 Å². The van der Waals surface area contributed by atoms with Crippen LogP contribution in [-0.4, -0.2) is 32.9 Å². The molecule has 10 heteroatoms. The summed E-state index contributed by atoms with van der Waals surface area (Å²) in [6.45, 7) is 1.31. The topological polar surface area (TPSA) is 66.5 Å². The van der Waals surface area contributed by atoms with E-state index in [0.717, 1.165) is 23.3 Å². The first kappa shape index (κ1) is 22.1. The van der Waals surface area contributed by atoms with Gasteiger partial charge in [0.05, 0.1) is 17.5 Å². The molecule has 28 heavy (non-hydrogen) atoms. The number of hydrogen-bond acceptors (Lipinski definition) is 4. The van der Waals surface area contributed by atoms with Crippen molar-refractivity contribution in [2.45, 2.75) is 24.0 Å². The number of benzene rings is 2. The first-order valence-electron chi connectivity index (χ1n) is 8.05. The van der Waals surface area contributed by atoms with Crippen molar-refractivity contribution in [3.63, 3.8) is 0 Å². The molecule has 0 aromatic heterocycles. The first-order valence-corrected chi connectivity index (χ1v) is 11.1. The Morgan fingerprint density at radius 1 is 1.14 bits per heavy atom. The standard InChI is InChI=1S/C18H19F3N2O3S2/c1-12(17(24)22-14-7-5-9-16(11-14)27-2)23(28(3,25)26)15-8-4-6-13(10-15)18(19,20)21/h4-12H,1-3H3,(H,22,24)/t12-/m1/s1. The molecule has 5 nitrogen and oxygen atoms in total. The SMILES string of the molecule is CSc1cccc(NC(=O)[C@@H](C)N(c2cccc(C(F)(F)F)c2)S(C)(=O)=O)c1. The second-order valence-electron chi connectivity index (χ2n) is 6.00. The maximum atomic E-state index is 13.0. The highest BCUT2D eigenvalue weighted by Crippen LogP contribution is 2.33. The number of hydrogen-bond donors (Lipinski definition) is 1.